The second-order valence-electron chi connectivity index (χ2n) is 6.68. The molecule has 0 fully saturated rings. The summed E-state index contributed by atoms with van der Waals surface area (Å²) in [7, 11) is 0. The van der Waals surface area contributed by atoms with Gasteiger partial charge in [0.25, 0.3) is 0 Å². The van der Waals surface area contributed by atoms with Gasteiger partial charge in [0.1, 0.15) is 18.2 Å². The Labute approximate surface area is 136 Å². The van der Waals surface area contributed by atoms with Gasteiger partial charge in [0, 0.05) is 12.6 Å². The predicted octanol–water partition coefficient (Wildman–Crippen LogP) is 3.64. The molecule has 0 N–H and O–H groups in total. The summed E-state index contributed by atoms with van der Waals surface area (Å²) >= 11 is 0. The Balaban J connectivity index is 2.00. The number of benzene rings is 1. The average Bonchev–Trinajstić information content (AvgIpc) is 2.86. The van der Waals surface area contributed by atoms with Crippen LogP contribution in [0.5, 0.6) is 0 Å². The first-order valence-corrected chi connectivity index (χ1v) is 7.65. The molecule has 0 saturated carbocycles. The predicted molar refractivity (Wildman–Crippen MR) is 86.5 cm³/mol. The molecule has 1 aromatic carbocycles. The van der Waals surface area contributed by atoms with Crippen molar-refractivity contribution in [2.45, 2.75) is 52.4 Å². The van der Waals surface area contributed by atoms with Crippen LogP contribution in [-0.2, 0) is 20.9 Å². The minimum atomic E-state index is -0.655. The van der Waals surface area contributed by atoms with Gasteiger partial charge >= 0.3 is 12.1 Å². The first-order valence-electron chi connectivity index (χ1n) is 7.65. The van der Waals surface area contributed by atoms with Gasteiger partial charge in [-0.2, -0.15) is 0 Å². The van der Waals surface area contributed by atoms with Gasteiger partial charge in [-0.3, -0.25) is 4.90 Å². The van der Waals surface area contributed by atoms with Gasteiger partial charge in [0.15, 0.2) is 0 Å². The Morgan fingerprint density at radius 2 is 1.87 bits per heavy atom. The molecule has 0 saturated heterocycles. The third-order valence-electron chi connectivity index (χ3n) is 3.31. The summed E-state index contributed by atoms with van der Waals surface area (Å²) in [5.41, 5.74) is 1.25. The second-order valence-corrected chi connectivity index (χ2v) is 6.68. The van der Waals surface area contributed by atoms with Crippen molar-refractivity contribution in [3.05, 3.63) is 47.7 Å². The highest BCUT2D eigenvalue weighted by Crippen LogP contribution is 2.25. The molecular weight excluding hydrogens is 294 g/mol. The standard InChI is InChI=1S/C18H23NO4/c1-13-10-15(16(20)23-18(2,3)4)19(11-13)17(21)22-12-14-8-6-5-7-9-14/h5-9,11,15H,10,12H2,1-4H3/t15-/m0/s1. The zero-order chi connectivity index (χ0) is 17.0. The van der Waals surface area contributed by atoms with Gasteiger partial charge in [-0.25, -0.2) is 9.59 Å². The van der Waals surface area contributed by atoms with Crippen LogP contribution < -0.4 is 0 Å². The highest BCUT2D eigenvalue weighted by molar-refractivity contribution is 5.83. The number of rotatable bonds is 3. The molecule has 0 unspecified atom stereocenters. The van der Waals surface area contributed by atoms with Crippen LogP contribution in [0.25, 0.3) is 0 Å². The molecule has 0 bridgehead atoms. The highest BCUT2D eigenvalue weighted by atomic mass is 16.6. The van der Waals surface area contributed by atoms with Gasteiger partial charge in [0.2, 0.25) is 0 Å². The Kier molecular flexibility index (Phi) is 5.08. The zero-order valence-electron chi connectivity index (χ0n) is 14.0. The maximum Gasteiger partial charge on any atom is 0.414 e. The third kappa shape index (κ3) is 4.84. The van der Waals surface area contributed by atoms with E-state index in [9.17, 15) is 9.59 Å². The molecule has 1 atom stereocenters. The van der Waals surface area contributed by atoms with Crippen molar-refractivity contribution in [2.24, 2.45) is 0 Å². The lowest BCUT2D eigenvalue weighted by molar-refractivity contribution is -0.159. The topological polar surface area (TPSA) is 55.8 Å². The third-order valence-corrected chi connectivity index (χ3v) is 3.31. The van der Waals surface area contributed by atoms with Gasteiger partial charge in [-0.15, -0.1) is 0 Å². The van der Waals surface area contributed by atoms with Crippen molar-refractivity contribution < 1.29 is 19.1 Å². The summed E-state index contributed by atoms with van der Waals surface area (Å²) in [5.74, 6) is -0.415. The molecule has 0 radical (unpaired) electrons. The molecule has 5 nitrogen and oxygen atoms in total. The van der Waals surface area contributed by atoms with E-state index in [1.165, 1.54) is 4.90 Å². The Hall–Kier alpha value is -2.30. The number of amides is 1. The van der Waals surface area contributed by atoms with Crippen LogP contribution in [0.15, 0.2) is 42.1 Å². The molecular formula is C18H23NO4. The molecule has 2 rings (SSSR count). The van der Waals surface area contributed by atoms with E-state index in [2.05, 4.69) is 0 Å². The average molecular weight is 317 g/mol. The zero-order valence-corrected chi connectivity index (χ0v) is 14.0. The number of ether oxygens (including phenoxy) is 2. The van der Waals surface area contributed by atoms with E-state index in [0.29, 0.717) is 6.42 Å². The number of carbonyl (C=O) groups excluding carboxylic acids is 2. The van der Waals surface area contributed by atoms with Crippen LogP contribution in [0.3, 0.4) is 0 Å². The van der Waals surface area contributed by atoms with Crippen LogP contribution in [0.1, 0.15) is 39.7 Å². The number of hydrogen-bond acceptors (Lipinski definition) is 4. The Morgan fingerprint density at radius 1 is 1.22 bits per heavy atom. The lowest BCUT2D eigenvalue weighted by Gasteiger charge is -2.26. The number of esters is 1. The minimum absolute atomic E-state index is 0.171. The first-order chi connectivity index (χ1) is 10.8. The quantitative estimate of drug-likeness (QED) is 0.799. The van der Waals surface area contributed by atoms with E-state index >= 15 is 0 Å². The largest absolute Gasteiger partial charge is 0.458 e. The van der Waals surface area contributed by atoms with Crippen LogP contribution in [0.4, 0.5) is 4.79 Å². The Morgan fingerprint density at radius 3 is 2.48 bits per heavy atom. The van der Waals surface area contributed by atoms with E-state index in [1.807, 2.05) is 37.3 Å². The van der Waals surface area contributed by atoms with Gasteiger partial charge in [-0.05, 0) is 33.3 Å². The summed E-state index contributed by atoms with van der Waals surface area (Å²) in [6.07, 6.45) is 1.58. The number of carbonyl (C=O) groups is 2. The first kappa shape index (κ1) is 17.1. The number of hydrogen-bond donors (Lipinski definition) is 0. The van der Waals surface area contributed by atoms with E-state index < -0.39 is 23.7 Å². The fourth-order valence-corrected chi connectivity index (χ4v) is 2.32. The fourth-order valence-electron chi connectivity index (χ4n) is 2.32. The molecule has 5 heteroatoms. The van der Waals surface area contributed by atoms with Crippen LogP contribution in [0, 0.1) is 0 Å². The normalized spacial score (nSPS) is 17.7. The molecule has 0 aliphatic carbocycles. The molecule has 1 aliphatic heterocycles. The molecule has 1 heterocycles. The Bertz CT molecular complexity index is 601. The molecule has 1 aromatic rings. The van der Waals surface area contributed by atoms with E-state index in [4.69, 9.17) is 9.47 Å². The fraction of sp³-hybridized carbons (Fsp3) is 0.444. The minimum Gasteiger partial charge on any atom is -0.458 e. The van der Waals surface area contributed by atoms with Crippen LogP contribution in [-0.4, -0.2) is 28.6 Å². The molecule has 124 valence electrons. The van der Waals surface area contributed by atoms with Crippen molar-refractivity contribution in [2.75, 3.05) is 0 Å². The molecule has 1 aliphatic rings. The molecule has 0 aromatic heterocycles. The summed E-state index contributed by atoms with van der Waals surface area (Å²) in [6.45, 7) is 7.46. The highest BCUT2D eigenvalue weighted by Gasteiger charge is 2.37. The van der Waals surface area contributed by atoms with E-state index in [1.54, 1.807) is 27.0 Å². The maximum atomic E-state index is 12.3. The van der Waals surface area contributed by atoms with Crippen LogP contribution >= 0.6 is 0 Å². The van der Waals surface area contributed by atoms with E-state index in [0.717, 1.165) is 11.1 Å². The van der Waals surface area contributed by atoms with Crippen molar-refractivity contribution in [3.63, 3.8) is 0 Å². The molecule has 0 spiro atoms. The summed E-state index contributed by atoms with van der Waals surface area (Å²) in [5, 5.41) is 0. The maximum absolute atomic E-state index is 12.3. The SMILES string of the molecule is CC1=CN(C(=O)OCc2ccccc2)[C@H](C(=O)OC(C)(C)C)C1. The van der Waals surface area contributed by atoms with Gasteiger partial charge < -0.3 is 9.47 Å². The monoisotopic (exact) mass is 317 g/mol. The van der Waals surface area contributed by atoms with Crippen LogP contribution in [0.2, 0.25) is 0 Å². The summed E-state index contributed by atoms with van der Waals surface area (Å²) in [6, 6.07) is 8.76. The smallest absolute Gasteiger partial charge is 0.414 e. The van der Waals surface area contributed by atoms with Crippen molar-refractivity contribution in [1.82, 2.24) is 4.90 Å². The van der Waals surface area contributed by atoms with Crippen molar-refractivity contribution in [1.29, 1.82) is 0 Å². The summed E-state index contributed by atoms with van der Waals surface area (Å²) < 4.78 is 10.7. The van der Waals surface area contributed by atoms with Gasteiger partial charge in [-0.1, -0.05) is 35.9 Å². The van der Waals surface area contributed by atoms with Crippen molar-refractivity contribution in [3.8, 4) is 0 Å². The second kappa shape index (κ2) is 6.86. The molecule has 23 heavy (non-hydrogen) atoms. The molecule has 1 amide bonds. The lowest BCUT2D eigenvalue weighted by Crippen LogP contribution is -2.42. The van der Waals surface area contributed by atoms with Gasteiger partial charge in [0.05, 0.1) is 0 Å². The number of nitrogens with zero attached hydrogens (tertiary/aromatic N) is 1. The summed E-state index contributed by atoms with van der Waals surface area (Å²) in [4.78, 5) is 25.9. The lowest BCUT2D eigenvalue weighted by atomic mass is 10.1. The van der Waals surface area contributed by atoms with E-state index in [-0.39, 0.29) is 6.61 Å². The van der Waals surface area contributed by atoms with Crippen molar-refractivity contribution >= 4 is 12.1 Å².